The number of benzene rings is 2. The molecule has 0 bridgehead atoms. The number of aromatic hydroxyl groups is 1. The average molecular weight is 503 g/mol. The molecule has 1 atom stereocenters. The van der Waals surface area contributed by atoms with E-state index in [0.29, 0.717) is 5.56 Å². The minimum Gasteiger partial charge on any atom is -0.505 e. The molecule has 11 heteroatoms. The number of anilines is 1. The highest BCUT2D eigenvalue weighted by Gasteiger charge is 2.50. The van der Waals surface area contributed by atoms with Gasteiger partial charge >= 0.3 is 15.2 Å². The van der Waals surface area contributed by atoms with Crippen LogP contribution in [0, 0.1) is 5.82 Å². The van der Waals surface area contributed by atoms with E-state index in [4.69, 9.17) is 0 Å². The SMILES string of the molecule is CC(C)(C)c1cc(NC(c2ccc(F)cc2)C(P(=O)(O)O)P(=O)(O)O)c(O)c(C(C)(C)C)c1. The quantitative estimate of drug-likeness (QED) is 0.239. The monoisotopic (exact) mass is 503 g/mol. The van der Waals surface area contributed by atoms with E-state index in [1.54, 1.807) is 6.07 Å². The molecule has 0 fully saturated rings. The van der Waals surface area contributed by atoms with Crippen LogP contribution in [0.5, 0.6) is 5.75 Å². The fourth-order valence-electron chi connectivity index (χ4n) is 3.50. The minimum absolute atomic E-state index is 0.0333. The summed E-state index contributed by atoms with van der Waals surface area (Å²) in [5, 5.41) is 11.3. The van der Waals surface area contributed by atoms with Gasteiger partial charge in [-0.1, -0.05) is 59.7 Å². The number of nitrogens with one attached hydrogen (secondary N) is 1. The smallest absolute Gasteiger partial charge is 0.343 e. The summed E-state index contributed by atoms with van der Waals surface area (Å²) in [6.45, 7) is 11.5. The van der Waals surface area contributed by atoms with Crippen molar-refractivity contribution in [1.29, 1.82) is 0 Å². The normalized spacial score (nSPS) is 14.4. The van der Waals surface area contributed by atoms with Gasteiger partial charge in [0.2, 0.25) is 0 Å². The Labute approximate surface area is 193 Å². The molecule has 1 unspecified atom stereocenters. The van der Waals surface area contributed by atoms with Gasteiger partial charge in [-0.05, 0) is 40.2 Å². The van der Waals surface area contributed by atoms with Gasteiger partial charge in [0.05, 0.1) is 11.7 Å². The summed E-state index contributed by atoms with van der Waals surface area (Å²) in [4.78, 5) is 39.4. The Morgan fingerprint density at radius 1 is 0.848 bits per heavy atom. The van der Waals surface area contributed by atoms with Crippen LogP contribution in [-0.4, -0.2) is 30.1 Å². The molecule has 0 aliphatic rings. The fourth-order valence-corrected chi connectivity index (χ4v) is 6.34. The highest BCUT2D eigenvalue weighted by Crippen LogP contribution is 2.65. The van der Waals surface area contributed by atoms with E-state index in [0.717, 1.165) is 17.7 Å². The third kappa shape index (κ3) is 6.66. The second-order valence-electron chi connectivity index (χ2n) is 10.2. The van der Waals surface area contributed by atoms with Crippen molar-refractivity contribution in [3.63, 3.8) is 0 Å². The van der Waals surface area contributed by atoms with Crippen molar-refractivity contribution >= 4 is 20.9 Å². The highest BCUT2D eigenvalue weighted by atomic mass is 31.2. The average Bonchev–Trinajstić information content (AvgIpc) is 2.59. The predicted molar refractivity (Wildman–Crippen MR) is 126 cm³/mol. The van der Waals surface area contributed by atoms with Gasteiger partial charge in [-0.15, -0.1) is 0 Å². The Kier molecular flexibility index (Phi) is 7.62. The molecule has 0 aliphatic heterocycles. The molecular formula is C22H32FNO7P2. The molecule has 2 aromatic carbocycles. The topological polar surface area (TPSA) is 147 Å². The summed E-state index contributed by atoms with van der Waals surface area (Å²) in [6.07, 6.45) is 0. The number of hydrogen-bond donors (Lipinski definition) is 6. The van der Waals surface area contributed by atoms with Crippen molar-refractivity contribution < 1.29 is 38.2 Å². The van der Waals surface area contributed by atoms with Gasteiger partial charge in [0, 0.05) is 5.56 Å². The van der Waals surface area contributed by atoms with Crippen molar-refractivity contribution in [2.75, 3.05) is 5.32 Å². The Bertz CT molecular complexity index is 1070. The zero-order valence-electron chi connectivity index (χ0n) is 19.4. The first-order valence-electron chi connectivity index (χ1n) is 10.2. The number of phenolic OH excluding ortho intramolecular Hbond substituents is 1. The summed E-state index contributed by atoms with van der Waals surface area (Å²) >= 11 is 0. The molecule has 0 spiro atoms. The van der Waals surface area contributed by atoms with E-state index >= 15 is 0 Å². The van der Waals surface area contributed by atoms with Crippen LogP contribution in [0.1, 0.15) is 64.3 Å². The van der Waals surface area contributed by atoms with Crippen LogP contribution in [0.15, 0.2) is 36.4 Å². The molecule has 2 rings (SSSR count). The van der Waals surface area contributed by atoms with Crippen molar-refractivity contribution in [2.24, 2.45) is 0 Å². The standard InChI is InChI=1S/C22H32FNO7P2/c1-21(2,3)14-11-16(22(4,5)6)19(25)17(12-14)24-18(13-7-9-15(23)10-8-13)20(32(26,27)28)33(29,30)31/h7-12,18,20,24-25H,1-6H3,(H2,26,27,28)(H2,29,30,31). The first-order chi connectivity index (χ1) is 14.7. The summed E-state index contributed by atoms with van der Waals surface area (Å²) in [5.74, 6) is -0.841. The van der Waals surface area contributed by atoms with Crippen LogP contribution in [0.25, 0.3) is 0 Å². The van der Waals surface area contributed by atoms with E-state index in [2.05, 4.69) is 5.32 Å². The zero-order valence-corrected chi connectivity index (χ0v) is 21.2. The lowest BCUT2D eigenvalue weighted by Crippen LogP contribution is -2.27. The summed E-state index contributed by atoms with van der Waals surface area (Å²) in [5.41, 5.74) is 0.522. The van der Waals surface area contributed by atoms with Gasteiger partial charge in [0.1, 0.15) is 11.6 Å². The lowest BCUT2D eigenvalue weighted by Gasteiger charge is -2.32. The van der Waals surface area contributed by atoms with Crippen LogP contribution in [0.4, 0.5) is 10.1 Å². The number of phenols is 1. The van der Waals surface area contributed by atoms with Crippen molar-refractivity contribution in [1.82, 2.24) is 0 Å². The molecular weight excluding hydrogens is 471 g/mol. The van der Waals surface area contributed by atoms with Crippen molar-refractivity contribution in [3.8, 4) is 5.75 Å². The number of rotatable bonds is 6. The largest absolute Gasteiger partial charge is 0.505 e. The predicted octanol–water partition coefficient (Wildman–Crippen LogP) is 4.96. The molecule has 0 aliphatic carbocycles. The Morgan fingerprint density at radius 2 is 1.33 bits per heavy atom. The molecule has 184 valence electrons. The number of hydrogen-bond acceptors (Lipinski definition) is 4. The molecule has 2 aromatic rings. The van der Waals surface area contributed by atoms with Gasteiger partial charge in [-0.3, -0.25) is 9.13 Å². The van der Waals surface area contributed by atoms with E-state index in [9.17, 15) is 38.2 Å². The minimum atomic E-state index is -5.37. The zero-order chi connectivity index (χ0) is 25.6. The maximum Gasteiger partial charge on any atom is 0.343 e. The Balaban J connectivity index is 2.81. The van der Waals surface area contributed by atoms with Gasteiger partial charge in [-0.2, -0.15) is 0 Å². The van der Waals surface area contributed by atoms with Crippen molar-refractivity contribution in [3.05, 3.63) is 58.9 Å². The second-order valence-corrected chi connectivity index (χ2v) is 14.1. The van der Waals surface area contributed by atoms with Crippen LogP contribution >= 0.6 is 15.2 Å². The molecule has 8 nitrogen and oxygen atoms in total. The number of halogens is 1. The third-order valence-electron chi connectivity index (χ3n) is 5.31. The van der Waals surface area contributed by atoms with Crippen LogP contribution in [0.3, 0.4) is 0 Å². The van der Waals surface area contributed by atoms with E-state index < -0.39 is 37.9 Å². The molecule has 33 heavy (non-hydrogen) atoms. The van der Waals surface area contributed by atoms with Crippen molar-refractivity contribution in [2.45, 2.75) is 63.8 Å². The molecule has 0 radical (unpaired) electrons. The van der Waals surface area contributed by atoms with Crippen LogP contribution < -0.4 is 5.32 Å². The van der Waals surface area contributed by atoms with E-state index in [-0.39, 0.29) is 22.4 Å². The second kappa shape index (κ2) is 9.14. The maximum atomic E-state index is 13.5. The van der Waals surface area contributed by atoms with Crippen LogP contribution in [-0.2, 0) is 20.0 Å². The molecule has 0 saturated heterocycles. The van der Waals surface area contributed by atoms with Gasteiger partial charge in [0.15, 0.2) is 5.40 Å². The van der Waals surface area contributed by atoms with E-state index in [1.165, 1.54) is 12.1 Å². The molecule has 0 amide bonds. The van der Waals surface area contributed by atoms with E-state index in [1.807, 2.05) is 47.6 Å². The third-order valence-corrected chi connectivity index (χ3v) is 9.09. The summed E-state index contributed by atoms with van der Waals surface area (Å²) in [7, 11) is -10.7. The lowest BCUT2D eigenvalue weighted by molar-refractivity contribution is 0.332. The molecule has 0 heterocycles. The fraction of sp³-hybridized carbons (Fsp3) is 0.455. The summed E-state index contributed by atoms with van der Waals surface area (Å²) in [6, 6.07) is 6.18. The highest BCUT2D eigenvalue weighted by molar-refractivity contribution is 7.71. The first kappa shape index (κ1) is 27.5. The summed E-state index contributed by atoms with van der Waals surface area (Å²) < 4.78 is 37.9. The molecule has 0 saturated carbocycles. The van der Waals surface area contributed by atoms with Gasteiger partial charge in [0.25, 0.3) is 0 Å². The molecule has 6 N–H and O–H groups in total. The van der Waals surface area contributed by atoms with Gasteiger partial charge in [-0.25, -0.2) is 4.39 Å². The lowest BCUT2D eigenvalue weighted by atomic mass is 9.79. The Morgan fingerprint density at radius 3 is 1.73 bits per heavy atom. The van der Waals surface area contributed by atoms with Crippen LogP contribution in [0.2, 0.25) is 0 Å². The Hall–Kier alpha value is -1.73. The maximum absolute atomic E-state index is 13.5. The molecule has 0 aromatic heterocycles. The first-order valence-corrected chi connectivity index (χ1v) is 13.6. The van der Waals surface area contributed by atoms with Gasteiger partial charge < -0.3 is 30.0 Å².